The Hall–Kier alpha value is -0.130. The Kier molecular flexibility index (Phi) is 4.55. The lowest BCUT2D eigenvalue weighted by atomic mass is 9.94. The topological polar surface area (TPSA) is 69.4 Å². The molecule has 1 saturated heterocycles. The SMILES string of the molecule is CC(C)S(=O)(=O)CCC1COCCC1N. The Morgan fingerprint density at radius 2 is 2.13 bits per heavy atom. The smallest absolute Gasteiger partial charge is 0.152 e. The van der Waals surface area contributed by atoms with Gasteiger partial charge in [-0.25, -0.2) is 8.42 Å². The molecule has 0 amide bonds. The first-order chi connectivity index (χ1) is 6.93. The highest BCUT2D eigenvalue weighted by Gasteiger charge is 2.25. The van der Waals surface area contributed by atoms with Gasteiger partial charge < -0.3 is 10.5 Å². The van der Waals surface area contributed by atoms with Gasteiger partial charge in [-0.05, 0) is 32.6 Å². The number of rotatable bonds is 4. The van der Waals surface area contributed by atoms with Crippen molar-refractivity contribution in [3.05, 3.63) is 0 Å². The minimum atomic E-state index is -2.93. The van der Waals surface area contributed by atoms with Crippen molar-refractivity contribution in [3.63, 3.8) is 0 Å². The van der Waals surface area contributed by atoms with Gasteiger partial charge in [0.05, 0.1) is 17.6 Å². The number of nitrogens with two attached hydrogens (primary N) is 1. The van der Waals surface area contributed by atoms with Crippen LogP contribution < -0.4 is 5.73 Å². The van der Waals surface area contributed by atoms with Crippen LogP contribution in [0.3, 0.4) is 0 Å². The first-order valence-corrected chi connectivity index (χ1v) is 7.20. The highest BCUT2D eigenvalue weighted by atomic mass is 32.2. The first-order valence-electron chi connectivity index (χ1n) is 5.48. The maximum atomic E-state index is 11.6. The summed E-state index contributed by atoms with van der Waals surface area (Å²) in [6.45, 7) is 4.74. The zero-order chi connectivity index (χ0) is 11.5. The summed E-state index contributed by atoms with van der Waals surface area (Å²) in [5.74, 6) is 0.430. The standard InChI is InChI=1S/C10H21NO3S/c1-8(2)15(12,13)6-4-9-7-14-5-3-10(9)11/h8-10H,3-7,11H2,1-2H3. The molecule has 0 radical (unpaired) electrons. The summed E-state index contributed by atoms with van der Waals surface area (Å²) >= 11 is 0. The highest BCUT2D eigenvalue weighted by Crippen LogP contribution is 2.18. The zero-order valence-electron chi connectivity index (χ0n) is 9.48. The van der Waals surface area contributed by atoms with Crippen molar-refractivity contribution in [2.24, 2.45) is 11.7 Å². The van der Waals surface area contributed by atoms with Gasteiger partial charge >= 0.3 is 0 Å². The quantitative estimate of drug-likeness (QED) is 0.773. The van der Waals surface area contributed by atoms with Crippen molar-refractivity contribution in [2.75, 3.05) is 19.0 Å². The third-order valence-electron chi connectivity index (χ3n) is 3.02. The molecule has 0 bridgehead atoms. The summed E-state index contributed by atoms with van der Waals surface area (Å²) in [5.41, 5.74) is 5.91. The normalized spacial score (nSPS) is 28.3. The lowest BCUT2D eigenvalue weighted by Gasteiger charge is -2.28. The summed E-state index contributed by atoms with van der Waals surface area (Å²) in [5, 5.41) is -0.293. The predicted octanol–water partition coefficient (Wildman–Crippen LogP) is 0.564. The van der Waals surface area contributed by atoms with E-state index in [1.165, 1.54) is 0 Å². The van der Waals surface area contributed by atoms with Gasteiger partial charge in [0.2, 0.25) is 0 Å². The van der Waals surface area contributed by atoms with Gasteiger partial charge in [-0.1, -0.05) is 0 Å². The van der Waals surface area contributed by atoms with Crippen LogP contribution in [0.1, 0.15) is 26.7 Å². The number of hydrogen-bond donors (Lipinski definition) is 1. The molecule has 15 heavy (non-hydrogen) atoms. The zero-order valence-corrected chi connectivity index (χ0v) is 10.3. The molecule has 2 unspecified atom stereocenters. The maximum absolute atomic E-state index is 11.6. The van der Waals surface area contributed by atoms with Crippen LogP contribution in [0.5, 0.6) is 0 Å². The van der Waals surface area contributed by atoms with Crippen LogP contribution in [0.4, 0.5) is 0 Å². The van der Waals surface area contributed by atoms with Crippen LogP contribution in [-0.4, -0.2) is 38.7 Å². The molecule has 0 spiro atoms. The van der Waals surface area contributed by atoms with Gasteiger partial charge in [-0.2, -0.15) is 0 Å². The van der Waals surface area contributed by atoms with Gasteiger partial charge in [0, 0.05) is 12.6 Å². The van der Waals surface area contributed by atoms with E-state index >= 15 is 0 Å². The van der Waals surface area contributed by atoms with Crippen molar-refractivity contribution in [1.29, 1.82) is 0 Å². The van der Waals surface area contributed by atoms with E-state index in [-0.39, 0.29) is 23.0 Å². The molecular weight excluding hydrogens is 214 g/mol. The van der Waals surface area contributed by atoms with Gasteiger partial charge in [0.25, 0.3) is 0 Å². The van der Waals surface area contributed by atoms with E-state index in [9.17, 15) is 8.42 Å². The minimum Gasteiger partial charge on any atom is -0.381 e. The van der Waals surface area contributed by atoms with Gasteiger partial charge in [-0.3, -0.25) is 0 Å². The number of hydrogen-bond acceptors (Lipinski definition) is 4. The summed E-state index contributed by atoms with van der Waals surface area (Å²) in [6, 6.07) is 0.0983. The van der Waals surface area contributed by atoms with Crippen molar-refractivity contribution in [1.82, 2.24) is 0 Å². The van der Waals surface area contributed by atoms with Crippen LogP contribution >= 0.6 is 0 Å². The molecule has 2 N–H and O–H groups in total. The van der Waals surface area contributed by atoms with Crippen molar-refractivity contribution in [2.45, 2.75) is 38.0 Å². The van der Waals surface area contributed by atoms with Crippen LogP contribution in [0.15, 0.2) is 0 Å². The Morgan fingerprint density at radius 3 is 2.67 bits per heavy atom. The van der Waals surface area contributed by atoms with Gasteiger partial charge in [0.1, 0.15) is 0 Å². The van der Waals surface area contributed by atoms with E-state index < -0.39 is 9.84 Å². The van der Waals surface area contributed by atoms with Crippen LogP contribution in [0.2, 0.25) is 0 Å². The molecule has 0 aromatic carbocycles. The molecule has 4 nitrogen and oxygen atoms in total. The molecule has 0 aliphatic carbocycles. The molecule has 1 heterocycles. The second-order valence-electron chi connectivity index (χ2n) is 4.49. The monoisotopic (exact) mass is 235 g/mol. The third-order valence-corrected chi connectivity index (χ3v) is 5.27. The Bertz CT molecular complexity index is 287. The fraction of sp³-hybridized carbons (Fsp3) is 1.00. The molecule has 0 aromatic rings. The molecule has 90 valence electrons. The molecule has 0 saturated carbocycles. The summed E-state index contributed by atoms with van der Waals surface area (Å²) in [4.78, 5) is 0. The number of sulfone groups is 1. The van der Waals surface area contributed by atoms with Crippen LogP contribution in [0.25, 0.3) is 0 Å². The van der Waals surface area contributed by atoms with Crippen LogP contribution in [0, 0.1) is 5.92 Å². The molecule has 5 heteroatoms. The summed E-state index contributed by atoms with van der Waals surface area (Å²) < 4.78 is 28.5. The fourth-order valence-corrected chi connectivity index (χ4v) is 2.76. The highest BCUT2D eigenvalue weighted by molar-refractivity contribution is 7.91. The second-order valence-corrected chi connectivity index (χ2v) is 7.17. The lowest BCUT2D eigenvalue weighted by Crippen LogP contribution is -2.39. The molecular formula is C10H21NO3S. The molecule has 1 rings (SSSR count). The van der Waals surface area contributed by atoms with E-state index in [0.717, 1.165) is 6.42 Å². The number of ether oxygens (including phenoxy) is 1. The average molecular weight is 235 g/mol. The van der Waals surface area contributed by atoms with E-state index in [2.05, 4.69) is 0 Å². The second kappa shape index (κ2) is 5.27. The van der Waals surface area contributed by atoms with Crippen molar-refractivity contribution in [3.8, 4) is 0 Å². The first kappa shape index (κ1) is 12.9. The fourth-order valence-electron chi connectivity index (χ4n) is 1.66. The molecule has 2 atom stereocenters. The van der Waals surface area contributed by atoms with E-state index in [0.29, 0.717) is 19.6 Å². The van der Waals surface area contributed by atoms with E-state index in [4.69, 9.17) is 10.5 Å². The molecule has 0 aromatic heterocycles. The van der Waals surface area contributed by atoms with Gasteiger partial charge in [-0.15, -0.1) is 0 Å². The Morgan fingerprint density at radius 1 is 1.47 bits per heavy atom. The van der Waals surface area contributed by atoms with Crippen LogP contribution in [-0.2, 0) is 14.6 Å². The van der Waals surface area contributed by atoms with Crippen molar-refractivity contribution < 1.29 is 13.2 Å². The lowest BCUT2D eigenvalue weighted by molar-refractivity contribution is 0.0410. The molecule has 1 aliphatic rings. The summed E-state index contributed by atoms with van der Waals surface area (Å²) in [6.07, 6.45) is 1.47. The van der Waals surface area contributed by atoms with Gasteiger partial charge in [0.15, 0.2) is 9.84 Å². The van der Waals surface area contributed by atoms with Crippen molar-refractivity contribution >= 4 is 9.84 Å². The van der Waals surface area contributed by atoms with E-state index in [1.807, 2.05) is 0 Å². The molecule has 1 fully saturated rings. The summed E-state index contributed by atoms with van der Waals surface area (Å²) in [7, 11) is -2.93. The Labute approximate surface area is 92.1 Å². The molecule has 1 aliphatic heterocycles. The Balaban J connectivity index is 2.42. The average Bonchev–Trinajstić information content (AvgIpc) is 2.16. The largest absolute Gasteiger partial charge is 0.381 e. The maximum Gasteiger partial charge on any atom is 0.152 e. The minimum absolute atomic E-state index is 0.0983. The predicted molar refractivity (Wildman–Crippen MR) is 60.4 cm³/mol. The third kappa shape index (κ3) is 3.74. The van der Waals surface area contributed by atoms with E-state index in [1.54, 1.807) is 13.8 Å².